The van der Waals surface area contributed by atoms with Crippen LogP contribution in [0.25, 0.3) is 0 Å². The molecule has 2 unspecified atom stereocenters. The van der Waals surface area contributed by atoms with Crippen molar-refractivity contribution >= 4 is 15.9 Å². The van der Waals surface area contributed by atoms with Crippen LogP contribution in [0.3, 0.4) is 0 Å². The van der Waals surface area contributed by atoms with Crippen molar-refractivity contribution in [3.05, 3.63) is 17.6 Å². The molecule has 0 aliphatic heterocycles. The maximum Gasteiger partial charge on any atom is 0.219 e. The van der Waals surface area contributed by atoms with Gasteiger partial charge in [-0.15, -0.1) is 0 Å². The Balaban J connectivity index is 3.08. The summed E-state index contributed by atoms with van der Waals surface area (Å²) in [4.78, 5) is 8.95. The smallest absolute Gasteiger partial charge is 0.219 e. The molecule has 0 bridgehead atoms. The first-order chi connectivity index (χ1) is 7.61. The zero-order valence-electron chi connectivity index (χ0n) is 10.3. The molecule has 0 radical (unpaired) electrons. The fourth-order valence-corrected chi connectivity index (χ4v) is 2.46. The van der Waals surface area contributed by atoms with Crippen molar-refractivity contribution in [2.75, 3.05) is 6.61 Å². The van der Waals surface area contributed by atoms with Gasteiger partial charge < -0.3 is 4.74 Å². The van der Waals surface area contributed by atoms with Gasteiger partial charge >= 0.3 is 0 Å². The van der Waals surface area contributed by atoms with Crippen LogP contribution in [0.15, 0.2) is 6.33 Å². The summed E-state index contributed by atoms with van der Waals surface area (Å²) in [6.45, 7) is 8.95. The highest BCUT2D eigenvalue weighted by molar-refractivity contribution is 9.09. The van der Waals surface area contributed by atoms with Crippen LogP contribution in [0, 0.1) is 6.92 Å². The molecule has 0 spiro atoms. The van der Waals surface area contributed by atoms with E-state index in [2.05, 4.69) is 39.7 Å². The average molecular weight is 287 g/mol. The predicted molar refractivity (Wildman–Crippen MR) is 69.4 cm³/mol. The first-order valence-electron chi connectivity index (χ1n) is 5.70. The maximum absolute atomic E-state index is 5.49. The minimum atomic E-state index is 0.403. The minimum Gasteiger partial charge on any atom is -0.478 e. The van der Waals surface area contributed by atoms with Crippen molar-refractivity contribution in [2.24, 2.45) is 0 Å². The third kappa shape index (κ3) is 2.94. The molecule has 2 atom stereocenters. The number of ether oxygens (including phenoxy) is 1. The lowest BCUT2D eigenvalue weighted by Gasteiger charge is -2.19. The van der Waals surface area contributed by atoms with Crippen molar-refractivity contribution < 1.29 is 4.74 Å². The highest BCUT2D eigenvalue weighted by Crippen LogP contribution is 2.31. The lowest BCUT2D eigenvalue weighted by molar-refractivity contribution is 0.322. The van der Waals surface area contributed by atoms with Gasteiger partial charge in [0.05, 0.1) is 12.3 Å². The maximum atomic E-state index is 5.49. The zero-order valence-corrected chi connectivity index (χ0v) is 11.9. The second-order valence-corrected chi connectivity index (χ2v) is 5.26. The Morgan fingerprint density at radius 1 is 1.38 bits per heavy atom. The number of nitrogens with zero attached hydrogens (tertiary/aromatic N) is 2. The second kappa shape index (κ2) is 6.18. The largest absolute Gasteiger partial charge is 0.478 e. The standard InChI is InChI=1S/C12H19BrN2O/c1-5-10(9(4)13)11-8(3)12(16-6-2)15-7-14-11/h7,9-10H,5-6H2,1-4H3. The molecule has 0 amide bonds. The first kappa shape index (κ1) is 13.4. The van der Waals surface area contributed by atoms with Crippen LogP contribution in [0.4, 0.5) is 0 Å². The van der Waals surface area contributed by atoms with E-state index in [0.29, 0.717) is 23.2 Å². The number of hydrogen-bond donors (Lipinski definition) is 0. The van der Waals surface area contributed by atoms with E-state index in [1.165, 1.54) is 0 Å². The topological polar surface area (TPSA) is 35.0 Å². The third-order valence-corrected chi connectivity index (χ3v) is 3.34. The van der Waals surface area contributed by atoms with E-state index >= 15 is 0 Å². The van der Waals surface area contributed by atoms with Crippen LogP contribution in [-0.2, 0) is 0 Å². The molecule has 0 saturated heterocycles. The predicted octanol–water partition coefficient (Wildman–Crippen LogP) is 3.46. The van der Waals surface area contributed by atoms with Gasteiger partial charge in [-0.1, -0.05) is 29.8 Å². The van der Waals surface area contributed by atoms with E-state index in [9.17, 15) is 0 Å². The van der Waals surface area contributed by atoms with Crippen molar-refractivity contribution in [3.63, 3.8) is 0 Å². The Hall–Kier alpha value is -0.640. The summed E-state index contributed by atoms with van der Waals surface area (Å²) < 4.78 is 5.49. The van der Waals surface area contributed by atoms with Gasteiger partial charge in [0.25, 0.3) is 0 Å². The van der Waals surface area contributed by atoms with Gasteiger partial charge in [0, 0.05) is 16.3 Å². The van der Waals surface area contributed by atoms with E-state index in [0.717, 1.165) is 17.7 Å². The zero-order chi connectivity index (χ0) is 12.1. The molecule has 16 heavy (non-hydrogen) atoms. The van der Waals surface area contributed by atoms with Gasteiger partial charge in [0.15, 0.2) is 0 Å². The van der Waals surface area contributed by atoms with Crippen LogP contribution in [0.2, 0.25) is 0 Å². The van der Waals surface area contributed by atoms with Crippen LogP contribution in [0.1, 0.15) is 44.4 Å². The fourth-order valence-electron chi connectivity index (χ4n) is 1.84. The Labute approximate surface area is 106 Å². The molecular weight excluding hydrogens is 268 g/mol. The first-order valence-corrected chi connectivity index (χ1v) is 6.61. The summed E-state index contributed by atoms with van der Waals surface area (Å²) >= 11 is 3.63. The molecule has 0 saturated carbocycles. The van der Waals surface area contributed by atoms with Crippen LogP contribution in [-0.4, -0.2) is 21.4 Å². The van der Waals surface area contributed by atoms with Gasteiger partial charge in [-0.05, 0) is 20.3 Å². The number of hydrogen-bond acceptors (Lipinski definition) is 3. The summed E-state index contributed by atoms with van der Waals surface area (Å²) in [5.41, 5.74) is 2.15. The molecule has 0 aliphatic rings. The van der Waals surface area contributed by atoms with Crippen LogP contribution < -0.4 is 4.74 Å². The normalized spacial score (nSPS) is 14.6. The molecule has 1 aromatic heterocycles. The molecule has 0 aromatic carbocycles. The SMILES string of the molecule is CCOc1ncnc(C(CC)C(C)Br)c1C. The lowest BCUT2D eigenvalue weighted by Crippen LogP contribution is -2.13. The van der Waals surface area contributed by atoms with Crippen molar-refractivity contribution in [3.8, 4) is 5.88 Å². The molecule has 4 heteroatoms. The molecule has 1 rings (SSSR count). The van der Waals surface area contributed by atoms with E-state index < -0.39 is 0 Å². The third-order valence-electron chi connectivity index (χ3n) is 2.70. The van der Waals surface area contributed by atoms with Crippen LogP contribution in [0.5, 0.6) is 5.88 Å². The summed E-state index contributed by atoms with van der Waals surface area (Å²) in [5.74, 6) is 1.11. The fraction of sp³-hybridized carbons (Fsp3) is 0.667. The highest BCUT2D eigenvalue weighted by atomic mass is 79.9. The Kier molecular flexibility index (Phi) is 5.19. The summed E-state index contributed by atoms with van der Waals surface area (Å²) in [5, 5.41) is 0. The van der Waals surface area contributed by atoms with E-state index in [1.807, 2.05) is 13.8 Å². The highest BCUT2D eigenvalue weighted by Gasteiger charge is 2.20. The van der Waals surface area contributed by atoms with Crippen molar-refractivity contribution in [1.82, 2.24) is 9.97 Å². The molecule has 3 nitrogen and oxygen atoms in total. The Morgan fingerprint density at radius 2 is 2.06 bits per heavy atom. The molecule has 90 valence electrons. The van der Waals surface area contributed by atoms with E-state index in [1.54, 1.807) is 6.33 Å². The molecule has 0 fully saturated rings. The Morgan fingerprint density at radius 3 is 2.56 bits per heavy atom. The number of aromatic nitrogens is 2. The molecule has 0 aliphatic carbocycles. The quantitative estimate of drug-likeness (QED) is 0.778. The van der Waals surface area contributed by atoms with Gasteiger partial charge in [0.2, 0.25) is 5.88 Å². The van der Waals surface area contributed by atoms with Crippen molar-refractivity contribution in [1.29, 1.82) is 0 Å². The van der Waals surface area contributed by atoms with Gasteiger partial charge in [0.1, 0.15) is 6.33 Å². The van der Waals surface area contributed by atoms with Crippen LogP contribution >= 0.6 is 15.9 Å². The van der Waals surface area contributed by atoms with E-state index in [4.69, 9.17) is 4.74 Å². The second-order valence-electron chi connectivity index (χ2n) is 3.81. The molecule has 0 N–H and O–H groups in total. The summed E-state index contributed by atoms with van der Waals surface area (Å²) in [6, 6.07) is 0. The average Bonchev–Trinajstić information content (AvgIpc) is 2.24. The number of alkyl halides is 1. The molecule has 1 aromatic rings. The van der Waals surface area contributed by atoms with Gasteiger partial charge in [-0.2, -0.15) is 0 Å². The minimum absolute atomic E-state index is 0.403. The van der Waals surface area contributed by atoms with Gasteiger partial charge in [-0.3, -0.25) is 0 Å². The van der Waals surface area contributed by atoms with Crippen molar-refractivity contribution in [2.45, 2.75) is 44.9 Å². The summed E-state index contributed by atoms with van der Waals surface area (Å²) in [7, 11) is 0. The monoisotopic (exact) mass is 286 g/mol. The summed E-state index contributed by atoms with van der Waals surface area (Å²) in [6.07, 6.45) is 2.64. The van der Waals surface area contributed by atoms with Gasteiger partial charge in [-0.25, -0.2) is 9.97 Å². The molecule has 1 heterocycles. The number of halogens is 1. The Bertz CT molecular complexity index is 342. The van der Waals surface area contributed by atoms with E-state index in [-0.39, 0.29) is 0 Å². The number of rotatable bonds is 5. The lowest BCUT2D eigenvalue weighted by atomic mass is 9.96. The molecular formula is C12H19BrN2O.